The van der Waals surface area contributed by atoms with Gasteiger partial charge in [0.1, 0.15) is 0 Å². The quantitative estimate of drug-likeness (QED) is 0.744. The van der Waals surface area contributed by atoms with E-state index in [4.69, 9.17) is 0 Å². The number of nitrogens with one attached hydrogen (secondary N) is 2. The van der Waals surface area contributed by atoms with E-state index in [2.05, 4.69) is 25.7 Å². The first-order valence-electron chi connectivity index (χ1n) is 8.27. The van der Waals surface area contributed by atoms with Crippen molar-refractivity contribution < 1.29 is 4.79 Å². The monoisotopic (exact) mass is 330 g/mol. The van der Waals surface area contributed by atoms with Crippen LogP contribution in [-0.2, 0) is 11.2 Å². The smallest absolute Gasteiger partial charge is 0.251 e. The van der Waals surface area contributed by atoms with Gasteiger partial charge in [0.25, 0.3) is 5.95 Å². The van der Waals surface area contributed by atoms with E-state index in [0.29, 0.717) is 18.9 Å². The molecule has 7 nitrogen and oxygen atoms in total. The summed E-state index contributed by atoms with van der Waals surface area (Å²) in [6.07, 6.45) is 0.314. The maximum atomic E-state index is 12.1. The van der Waals surface area contributed by atoms with Crippen molar-refractivity contribution in [2.45, 2.75) is 41.0 Å². The molecule has 0 atom stereocenters. The van der Waals surface area contributed by atoms with Crippen molar-refractivity contribution in [3.8, 4) is 5.95 Å². The highest BCUT2D eigenvalue weighted by Crippen LogP contribution is 2.17. The summed E-state index contributed by atoms with van der Waals surface area (Å²) in [5.41, 5.74) is 4.45. The Bertz CT molecular complexity index is 702. The highest BCUT2D eigenvalue weighted by atomic mass is 16.1. The molecule has 2 N–H and O–H groups in total. The Morgan fingerprint density at radius 1 is 1.12 bits per heavy atom. The minimum atomic E-state index is -0.00000535. The number of aromatic nitrogens is 4. The molecule has 0 bridgehead atoms. The standard InChI is InChI=1S/C17H26N6O/c1-6-18-7-8-19-16(24)10-15-13(4)22-23(14(15)5)17-20-11(2)9-12(3)21-17/h9,18H,6-8,10H2,1-5H3,(H,19,24). The molecule has 0 saturated heterocycles. The lowest BCUT2D eigenvalue weighted by Gasteiger charge is -2.07. The normalized spacial score (nSPS) is 10.9. The maximum absolute atomic E-state index is 12.1. The summed E-state index contributed by atoms with van der Waals surface area (Å²) >= 11 is 0. The number of hydrogen-bond donors (Lipinski definition) is 2. The number of rotatable bonds is 7. The van der Waals surface area contributed by atoms with Crippen LogP contribution in [0.1, 0.15) is 35.3 Å². The van der Waals surface area contributed by atoms with Gasteiger partial charge in [-0.05, 0) is 40.3 Å². The zero-order valence-electron chi connectivity index (χ0n) is 15.1. The second-order valence-electron chi connectivity index (χ2n) is 5.89. The van der Waals surface area contributed by atoms with E-state index in [1.807, 2.05) is 40.7 Å². The van der Waals surface area contributed by atoms with Crippen LogP contribution in [0.2, 0.25) is 0 Å². The molecule has 7 heteroatoms. The van der Waals surface area contributed by atoms with E-state index in [1.165, 1.54) is 0 Å². The van der Waals surface area contributed by atoms with Crippen molar-refractivity contribution in [3.63, 3.8) is 0 Å². The SMILES string of the molecule is CCNCCNC(=O)Cc1c(C)nn(-c2nc(C)cc(C)n2)c1C. The van der Waals surface area contributed by atoms with E-state index in [1.54, 1.807) is 4.68 Å². The van der Waals surface area contributed by atoms with Crippen molar-refractivity contribution >= 4 is 5.91 Å². The minimum Gasteiger partial charge on any atom is -0.355 e. The third-order valence-electron chi connectivity index (χ3n) is 3.81. The number of nitrogens with zero attached hydrogens (tertiary/aromatic N) is 4. The summed E-state index contributed by atoms with van der Waals surface area (Å²) in [5.74, 6) is 0.548. The predicted molar refractivity (Wildman–Crippen MR) is 93.4 cm³/mol. The van der Waals surface area contributed by atoms with Crippen LogP contribution in [0.25, 0.3) is 5.95 Å². The molecule has 0 aliphatic heterocycles. The molecule has 0 saturated carbocycles. The molecule has 1 amide bonds. The van der Waals surface area contributed by atoms with Gasteiger partial charge < -0.3 is 10.6 Å². The van der Waals surface area contributed by atoms with Gasteiger partial charge >= 0.3 is 0 Å². The molecule has 0 aromatic carbocycles. The van der Waals surface area contributed by atoms with Crippen LogP contribution < -0.4 is 10.6 Å². The fourth-order valence-electron chi connectivity index (χ4n) is 2.62. The second kappa shape index (κ2) is 8.01. The Labute approximate surface area is 142 Å². The molecule has 0 fully saturated rings. The first-order valence-corrected chi connectivity index (χ1v) is 8.27. The van der Waals surface area contributed by atoms with Gasteiger partial charge in [0.2, 0.25) is 5.91 Å². The molecule has 130 valence electrons. The molecule has 0 unspecified atom stereocenters. The fraction of sp³-hybridized carbons (Fsp3) is 0.529. The molecular formula is C17H26N6O. The van der Waals surface area contributed by atoms with E-state index in [9.17, 15) is 4.79 Å². The number of aryl methyl sites for hydroxylation is 3. The number of hydrogen-bond acceptors (Lipinski definition) is 5. The minimum absolute atomic E-state index is 0.00000535. The zero-order valence-corrected chi connectivity index (χ0v) is 15.1. The van der Waals surface area contributed by atoms with E-state index in [0.717, 1.165) is 41.4 Å². The largest absolute Gasteiger partial charge is 0.355 e. The first kappa shape index (κ1) is 18.1. The average molecular weight is 330 g/mol. The van der Waals surface area contributed by atoms with Crippen LogP contribution in [0.5, 0.6) is 0 Å². The molecule has 2 aromatic rings. The summed E-state index contributed by atoms with van der Waals surface area (Å²) in [6, 6.07) is 1.92. The Hall–Kier alpha value is -2.28. The van der Waals surface area contributed by atoms with Crippen LogP contribution in [0, 0.1) is 27.7 Å². The number of carbonyl (C=O) groups excluding carboxylic acids is 1. The van der Waals surface area contributed by atoms with Gasteiger partial charge in [-0.15, -0.1) is 0 Å². The van der Waals surface area contributed by atoms with E-state index >= 15 is 0 Å². The van der Waals surface area contributed by atoms with Crippen LogP contribution in [0.4, 0.5) is 0 Å². The third kappa shape index (κ3) is 4.38. The van der Waals surface area contributed by atoms with Crippen molar-refractivity contribution in [1.29, 1.82) is 0 Å². The summed E-state index contributed by atoms with van der Waals surface area (Å²) in [4.78, 5) is 21.0. The predicted octanol–water partition coefficient (Wildman–Crippen LogP) is 1.16. The van der Waals surface area contributed by atoms with Gasteiger partial charge in [0.05, 0.1) is 12.1 Å². The molecule has 2 aromatic heterocycles. The molecular weight excluding hydrogens is 304 g/mol. The fourth-order valence-corrected chi connectivity index (χ4v) is 2.62. The van der Waals surface area contributed by atoms with Gasteiger partial charge in [0, 0.05) is 35.7 Å². The van der Waals surface area contributed by atoms with Crippen molar-refractivity contribution in [1.82, 2.24) is 30.4 Å². The molecule has 0 radical (unpaired) electrons. The Kier molecular flexibility index (Phi) is 6.03. The molecule has 0 aliphatic carbocycles. The van der Waals surface area contributed by atoms with Gasteiger partial charge in [0.15, 0.2) is 0 Å². The highest BCUT2D eigenvalue weighted by Gasteiger charge is 2.17. The summed E-state index contributed by atoms with van der Waals surface area (Å²) < 4.78 is 1.72. The van der Waals surface area contributed by atoms with Crippen LogP contribution in [0.15, 0.2) is 6.07 Å². The lowest BCUT2D eigenvalue weighted by molar-refractivity contribution is -0.120. The molecule has 2 heterocycles. The van der Waals surface area contributed by atoms with E-state index < -0.39 is 0 Å². The Morgan fingerprint density at radius 3 is 2.42 bits per heavy atom. The van der Waals surface area contributed by atoms with Crippen LogP contribution >= 0.6 is 0 Å². The zero-order chi connectivity index (χ0) is 17.7. The summed E-state index contributed by atoms with van der Waals surface area (Å²) in [5, 5.41) is 10.6. The Balaban J connectivity index is 2.15. The van der Waals surface area contributed by atoms with Gasteiger partial charge in [-0.25, -0.2) is 14.6 Å². The van der Waals surface area contributed by atoms with Gasteiger partial charge in [-0.1, -0.05) is 6.92 Å². The Morgan fingerprint density at radius 2 is 1.79 bits per heavy atom. The van der Waals surface area contributed by atoms with Crippen molar-refractivity contribution in [2.75, 3.05) is 19.6 Å². The summed E-state index contributed by atoms with van der Waals surface area (Å²) in [6.45, 7) is 12.1. The second-order valence-corrected chi connectivity index (χ2v) is 5.89. The van der Waals surface area contributed by atoms with Crippen LogP contribution in [0.3, 0.4) is 0 Å². The van der Waals surface area contributed by atoms with E-state index in [-0.39, 0.29) is 5.91 Å². The number of carbonyl (C=O) groups is 1. The topological polar surface area (TPSA) is 84.7 Å². The lowest BCUT2D eigenvalue weighted by atomic mass is 10.1. The summed E-state index contributed by atoms with van der Waals surface area (Å²) in [7, 11) is 0. The lowest BCUT2D eigenvalue weighted by Crippen LogP contribution is -2.32. The van der Waals surface area contributed by atoms with Gasteiger partial charge in [-0.3, -0.25) is 4.79 Å². The maximum Gasteiger partial charge on any atom is 0.251 e. The van der Waals surface area contributed by atoms with Gasteiger partial charge in [-0.2, -0.15) is 5.10 Å². The number of amides is 1. The van der Waals surface area contributed by atoms with Crippen LogP contribution in [-0.4, -0.2) is 45.3 Å². The molecule has 24 heavy (non-hydrogen) atoms. The third-order valence-corrected chi connectivity index (χ3v) is 3.81. The molecule has 0 aliphatic rings. The first-order chi connectivity index (χ1) is 11.4. The van der Waals surface area contributed by atoms with Crippen molar-refractivity contribution in [2.24, 2.45) is 0 Å². The number of likely N-dealkylation sites (N-methyl/N-ethyl adjacent to an activating group) is 1. The average Bonchev–Trinajstić information content (AvgIpc) is 2.79. The molecule has 0 spiro atoms. The molecule has 2 rings (SSSR count). The highest BCUT2D eigenvalue weighted by molar-refractivity contribution is 5.79. The van der Waals surface area contributed by atoms with Crippen molar-refractivity contribution in [3.05, 3.63) is 34.4 Å².